The van der Waals surface area contributed by atoms with E-state index in [-0.39, 0.29) is 0 Å². The number of benzene rings is 1. The molecule has 12 heavy (non-hydrogen) atoms. The standard InChI is InChI=1S/C9H12ClNS/c1-6-7(5-11)3-4-8(12-2)9(6)10/h3-4H,5,11H2,1-2H3. The first-order valence-electron chi connectivity index (χ1n) is 3.72. The fourth-order valence-electron chi connectivity index (χ4n) is 1.08. The largest absolute Gasteiger partial charge is 0.326 e. The second-order valence-electron chi connectivity index (χ2n) is 2.57. The van der Waals surface area contributed by atoms with Crippen molar-refractivity contribution in [1.29, 1.82) is 0 Å². The van der Waals surface area contributed by atoms with Crippen LogP contribution in [0.4, 0.5) is 0 Å². The summed E-state index contributed by atoms with van der Waals surface area (Å²) in [6, 6.07) is 4.05. The fourth-order valence-corrected chi connectivity index (χ4v) is 2.03. The summed E-state index contributed by atoms with van der Waals surface area (Å²) in [5.74, 6) is 0. The number of hydrogen-bond acceptors (Lipinski definition) is 2. The summed E-state index contributed by atoms with van der Waals surface area (Å²) >= 11 is 7.76. The first kappa shape index (κ1) is 9.90. The summed E-state index contributed by atoms with van der Waals surface area (Å²) < 4.78 is 0. The molecule has 2 N–H and O–H groups in total. The van der Waals surface area contributed by atoms with E-state index in [2.05, 4.69) is 0 Å². The van der Waals surface area contributed by atoms with E-state index < -0.39 is 0 Å². The first-order chi connectivity index (χ1) is 5.70. The molecule has 66 valence electrons. The summed E-state index contributed by atoms with van der Waals surface area (Å²) in [5.41, 5.74) is 7.77. The molecular weight excluding hydrogens is 190 g/mol. The van der Waals surface area contributed by atoms with Crippen LogP contribution in [-0.2, 0) is 6.54 Å². The van der Waals surface area contributed by atoms with Gasteiger partial charge in [0.05, 0.1) is 5.02 Å². The molecule has 0 bridgehead atoms. The van der Waals surface area contributed by atoms with E-state index in [1.807, 2.05) is 25.3 Å². The van der Waals surface area contributed by atoms with Crippen LogP contribution in [-0.4, -0.2) is 6.26 Å². The Morgan fingerprint density at radius 2 is 2.17 bits per heavy atom. The smallest absolute Gasteiger partial charge is 0.0574 e. The lowest BCUT2D eigenvalue weighted by Gasteiger charge is -2.08. The molecule has 0 fully saturated rings. The molecule has 3 heteroatoms. The van der Waals surface area contributed by atoms with Crippen LogP contribution >= 0.6 is 23.4 Å². The van der Waals surface area contributed by atoms with Crippen molar-refractivity contribution in [2.45, 2.75) is 18.4 Å². The third-order valence-corrected chi connectivity index (χ3v) is 3.28. The Balaban J connectivity index is 3.20. The van der Waals surface area contributed by atoms with Crippen LogP contribution in [0.2, 0.25) is 5.02 Å². The van der Waals surface area contributed by atoms with Crippen molar-refractivity contribution in [1.82, 2.24) is 0 Å². The minimum atomic E-state index is 0.556. The molecule has 1 aromatic rings. The van der Waals surface area contributed by atoms with E-state index in [1.54, 1.807) is 11.8 Å². The minimum Gasteiger partial charge on any atom is -0.326 e. The number of hydrogen-bond donors (Lipinski definition) is 1. The second kappa shape index (κ2) is 4.17. The van der Waals surface area contributed by atoms with Gasteiger partial charge >= 0.3 is 0 Å². The van der Waals surface area contributed by atoms with E-state index in [9.17, 15) is 0 Å². The summed E-state index contributed by atoms with van der Waals surface area (Å²) in [7, 11) is 0. The van der Waals surface area contributed by atoms with E-state index in [4.69, 9.17) is 17.3 Å². The Morgan fingerprint density at radius 3 is 2.67 bits per heavy atom. The molecule has 0 heterocycles. The highest BCUT2D eigenvalue weighted by Crippen LogP contribution is 2.29. The van der Waals surface area contributed by atoms with Gasteiger partial charge in [0.2, 0.25) is 0 Å². The molecule has 0 unspecified atom stereocenters. The summed E-state index contributed by atoms with van der Waals surface area (Å²) in [4.78, 5) is 1.12. The van der Waals surface area contributed by atoms with E-state index >= 15 is 0 Å². The topological polar surface area (TPSA) is 26.0 Å². The van der Waals surface area contributed by atoms with Gasteiger partial charge in [-0.3, -0.25) is 0 Å². The molecule has 0 aliphatic carbocycles. The van der Waals surface area contributed by atoms with Crippen LogP contribution in [0.5, 0.6) is 0 Å². The van der Waals surface area contributed by atoms with Crippen LogP contribution in [0.1, 0.15) is 11.1 Å². The summed E-state index contributed by atoms with van der Waals surface area (Å²) in [6.07, 6.45) is 2.02. The maximum atomic E-state index is 6.10. The minimum absolute atomic E-state index is 0.556. The number of thioether (sulfide) groups is 1. The zero-order valence-electron chi connectivity index (χ0n) is 7.23. The summed E-state index contributed by atoms with van der Waals surface area (Å²) in [5, 5.41) is 0.838. The van der Waals surface area contributed by atoms with E-state index in [1.165, 1.54) is 0 Å². The van der Waals surface area contributed by atoms with Crippen LogP contribution in [0.15, 0.2) is 17.0 Å². The third-order valence-electron chi connectivity index (χ3n) is 1.90. The first-order valence-corrected chi connectivity index (χ1v) is 5.33. The van der Waals surface area contributed by atoms with Crippen LogP contribution in [0, 0.1) is 6.92 Å². The number of nitrogens with two attached hydrogens (primary N) is 1. The van der Waals surface area contributed by atoms with Crippen LogP contribution in [0.25, 0.3) is 0 Å². The third kappa shape index (κ3) is 1.76. The predicted molar refractivity (Wildman–Crippen MR) is 55.9 cm³/mol. The highest BCUT2D eigenvalue weighted by atomic mass is 35.5. The molecule has 0 aromatic heterocycles. The Morgan fingerprint density at radius 1 is 1.50 bits per heavy atom. The number of rotatable bonds is 2. The van der Waals surface area contributed by atoms with Gasteiger partial charge < -0.3 is 5.73 Å². The molecule has 1 rings (SSSR count). The number of halogens is 1. The van der Waals surface area contributed by atoms with Gasteiger partial charge in [-0.2, -0.15) is 0 Å². The Kier molecular flexibility index (Phi) is 3.44. The highest BCUT2D eigenvalue weighted by molar-refractivity contribution is 7.98. The van der Waals surface area contributed by atoms with Crippen molar-refractivity contribution >= 4 is 23.4 Å². The van der Waals surface area contributed by atoms with Gasteiger partial charge in [-0.15, -0.1) is 11.8 Å². The normalized spacial score (nSPS) is 10.3. The molecule has 0 aliphatic rings. The van der Waals surface area contributed by atoms with Crippen molar-refractivity contribution in [3.8, 4) is 0 Å². The van der Waals surface area contributed by atoms with Gasteiger partial charge in [0.1, 0.15) is 0 Å². The summed E-state index contributed by atoms with van der Waals surface area (Å²) in [6.45, 7) is 2.56. The van der Waals surface area contributed by atoms with E-state index in [0.717, 1.165) is 21.0 Å². The second-order valence-corrected chi connectivity index (χ2v) is 3.80. The maximum absolute atomic E-state index is 6.10. The van der Waals surface area contributed by atoms with Gasteiger partial charge in [0, 0.05) is 11.4 Å². The molecule has 0 amide bonds. The molecule has 0 saturated carbocycles. The monoisotopic (exact) mass is 201 g/mol. The van der Waals surface area contributed by atoms with Crippen molar-refractivity contribution in [2.75, 3.05) is 6.26 Å². The Labute approximate surface area is 82.3 Å². The van der Waals surface area contributed by atoms with Gasteiger partial charge in [0.15, 0.2) is 0 Å². The van der Waals surface area contributed by atoms with Crippen molar-refractivity contribution in [2.24, 2.45) is 5.73 Å². The quantitative estimate of drug-likeness (QED) is 0.745. The zero-order chi connectivity index (χ0) is 9.14. The van der Waals surface area contributed by atoms with Crippen molar-refractivity contribution < 1.29 is 0 Å². The van der Waals surface area contributed by atoms with Crippen LogP contribution in [0.3, 0.4) is 0 Å². The van der Waals surface area contributed by atoms with Gasteiger partial charge in [-0.1, -0.05) is 17.7 Å². The average molecular weight is 202 g/mol. The average Bonchev–Trinajstić information content (AvgIpc) is 2.10. The fraction of sp³-hybridized carbons (Fsp3) is 0.333. The lowest BCUT2D eigenvalue weighted by atomic mass is 10.1. The Hall–Kier alpha value is -0.180. The highest BCUT2D eigenvalue weighted by Gasteiger charge is 2.05. The predicted octanol–water partition coefficient (Wildman–Crippen LogP) is 2.83. The molecule has 1 nitrogen and oxygen atoms in total. The SMILES string of the molecule is CSc1ccc(CN)c(C)c1Cl. The van der Waals surface area contributed by atoms with Gasteiger partial charge in [-0.05, 0) is 30.4 Å². The van der Waals surface area contributed by atoms with Crippen molar-refractivity contribution in [3.63, 3.8) is 0 Å². The van der Waals surface area contributed by atoms with E-state index in [0.29, 0.717) is 6.54 Å². The zero-order valence-corrected chi connectivity index (χ0v) is 8.80. The molecular formula is C9H12ClNS. The van der Waals surface area contributed by atoms with Gasteiger partial charge in [0.25, 0.3) is 0 Å². The molecule has 1 aromatic carbocycles. The molecule has 0 aliphatic heterocycles. The maximum Gasteiger partial charge on any atom is 0.0574 e. The lowest BCUT2D eigenvalue weighted by Crippen LogP contribution is -1.99. The molecule has 0 spiro atoms. The molecule has 0 saturated heterocycles. The van der Waals surface area contributed by atoms with Gasteiger partial charge in [-0.25, -0.2) is 0 Å². The van der Waals surface area contributed by atoms with Crippen LogP contribution < -0.4 is 5.73 Å². The lowest BCUT2D eigenvalue weighted by molar-refractivity contribution is 1.04. The molecule has 0 radical (unpaired) electrons. The van der Waals surface area contributed by atoms with Crippen molar-refractivity contribution in [3.05, 3.63) is 28.3 Å². The molecule has 0 atom stereocenters. The Bertz CT molecular complexity index is 257.